The van der Waals surface area contributed by atoms with Crippen LogP contribution in [0.2, 0.25) is 0 Å². The number of rotatable bonds is 5. The van der Waals surface area contributed by atoms with Gasteiger partial charge in [0.15, 0.2) is 0 Å². The van der Waals surface area contributed by atoms with Gasteiger partial charge in [-0.2, -0.15) is 0 Å². The summed E-state index contributed by atoms with van der Waals surface area (Å²) in [5.74, 6) is 0. The lowest BCUT2D eigenvalue weighted by Gasteiger charge is -2.21. The van der Waals surface area contributed by atoms with E-state index in [2.05, 4.69) is 182 Å². The minimum absolute atomic E-state index is 0.965. The zero-order chi connectivity index (χ0) is 39.3. The Morgan fingerprint density at radius 1 is 0.233 bits per heavy atom. The molecule has 0 unspecified atom stereocenters. The van der Waals surface area contributed by atoms with Gasteiger partial charge in [0.25, 0.3) is 0 Å². The van der Waals surface area contributed by atoms with Gasteiger partial charge in [0.05, 0.1) is 11.4 Å². The van der Waals surface area contributed by atoms with Crippen LogP contribution in [0.3, 0.4) is 0 Å². The van der Waals surface area contributed by atoms with Crippen LogP contribution in [0.25, 0.3) is 133 Å². The molecule has 13 rings (SSSR count). The highest BCUT2D eigenvalue weighted by Crippen LogP contribution is 2.59. The summed E-state index contributed by atoms with van der Waals surface area (Å²) in [5.41, 5.74) is 21.9. The summed E-state index contributed by atoms with van der Waals surface area (Å²) in [6.07, 6.45) is 3.75. The predicted octanol–water partition coefficient (Wildman–Crippen LogP) is 15.6. The molecule has 2 aromatic heterocycles. The average molecular weight is 759 g/mol. The van der Waals surface area contributed by atoms with E-state index in [-0.39, 0.29) is 0 Å². The van der Waals surface area contributed by atoms with Gasteiger partial charge in [0.1, 0.15) is 0 Å². The molecule has 0 radical (unpaired) electrons. The molecule has 2 nitrogen and oxygen atoms in total. The first-order valence-electron chi connectivity index (χ1n) is 20.6. The second-order valence-electron chi connectivity index (χ2n) is 16.0. The molecule has 11 aromatic rings. The summed E-state index contributed by atoms with van der Waals surface area (Å²) in [5, 5.41) is 7.66. The molecule has 0 N–H and O–H groups in total. The molecular formula is C58H34N2. The maximum absolute atomic E-state index is 4.75. The van der Waals surface area contributed by atoms with E-state index in [0.29, 0.717) is 0 Å². The van der Waals surface area contributed by atoms with Crippen molar-refractivity contribution < 1.29 is 0 Å². The Morgan fingerprint density at radius 3 is 1.17 bits per heavy atom. The van der Waals surface area contributed by atoms with E-state index in [0.717, 1.165) is 22.5 Å². The number of pyridine rings is 2. The van der Waals surface area contributed by atoms with Crippen LogP contribution in [-0.4, -0.2) is 9.97 Å². The maximum atomic E-state index is 4.75. The lowest BCUT2D eigenvalue weighted by Crippen LogP contribution is -1.94. The fourth-order valence-electron chi connectivity index (χ4n) is 10.4. The highest BCUT2D eigenvalue weighted by molar-refractivity contribution is 6.30. The lowest BCUT2D eigenvalue weighted by molar-refractivity contribution is 1.33. The van der Waals surface area contributed by atoms with Crippen LogP contribution in [0.4, 0.5) is 0 Å². The van der Waals surface area contributed by atoms with Gasteiger partial charge >= 0.3 is 0 Å². The van der Waals surface area contributed by atoms with Crippen molar-refractivity contribution in [1.29, 1.82) is 0 Å². The van der Waals surface area contributed by atoms with E-state index in [4.69, 9.17) is 9.97 Å². The van der Waals surface area contributed by atoms with Crippen molar-refractivity contribution >= 4 is 32.3 Å². The van der Waals surface area contributed by atoms with E-state index in [1.54, 1.807) is 0 Å². The number of nitrogens with zero attached hydrogens (tertiary/aromatic N) is 2. The molecular weight excluding hydrogens is 725 g/mol. The molecule has 2 heterocycles. The normalized spacial score (nSPS) is 12.0. The SMILES string of the molecule is c1ccc(-c2cccc(-c3c4c(c(-c5cccc(-c6ccccn6)c5)c5ccccc35)-c3ccc(-c5ccc6c7c(cccc57)-c5ccccc5-6)c5cccc-4c35)c2)nc1. The largest absolute Gasteiger partial charge is 0.256 e. The Morgan fingerprint density at radius 2 is 0.617 bits per heavy atom. The van der Waals surface area contributed by atoms with Gasteiger partial charge in [0.2, 0.25) is 0 Å². The molecule has 0 aliphatic heterocycles. The minimum Gasteiger partial charge on any atom is -0.256 e. The summed E-state index contributed by atoms with van der Waals surface area (Å²) >= 11 is 0. The van der Waals surface area contributed by atoms with Gasteiger partial charge in [-0.3, -0.25) is 9.97 Å². The van der Waals surface area contributed by atoms with Gasteiger partial charge in [-0.05, 0) is 147 Å². The van der Waals surface area contributed by atoms with Crippen LogP contribution in [0.5, 0.6) is 0 Å². The second-order valence-corrected chi connectivity index (χ2v) is 16.0. The molecule has 0 spiro atoms. The topological polar surface area (TPSA) is 25.8 Å². The Hall–Kier alpha value is -7.94. The monoisotopic (exact) mass is 758 g/mol. The zero-order valence-corrected chi connectivity index (χ0v) is 32.5. The van der Waals surface area contributed by atoms with Crippen molar-refractivity contribution in [3.05, 3.63) is 207 Å². The molecule has 276 valence electrons. The van der Waals surface area contributed by atoms with Gasteiger partial charge in [-0.15, -0.1) is 0 Å². The van der Waals surface area contributed by atoms with Crippen molar-refractivity contribution in [2.45, 2.75) is 0 Å². The molecule has 0 fully saturated rings. The summed E-state index contributed by atoms with van der Waals surface area (Å²) < 4.78 is 0. The van der Waals surface area contributed by atoms with Crippen molar-refractivity contribution in [3.63, 3.8) is 0 Å². The van der Waals surface area contributed by atoms with Crippen molar-refractivity contribution in [2.24, 2.45) is 0 Å². The minimum atomic E-state index is 0.965. The van der Waals surface area contributed by atoms with Gasteiger partial charge in [-0.1, -0.05) is 158 Å². The molecule has 0 saturated heterocycles. The van der Waals surface area contributed by atoms with Crippen LogP contribution >= 0.6 is 0 Å². The first-order chi connectivity index (χ1) is 29.8. The fourth-order valence-corrected chi connectivity index (χ4v) is 10.4. The predicted molar refractivity (Wildman–Crippen MR) is 251 cm³/mol. The Labute approximate surface area is 347 Å². The van der Waals surface area contributed by atoms with Crippen molar-refractivity contribution in [3.8, 4) is 100 Å². The highest BCUT2D eigenvalue weighted by Gasteiger charge is 2.32. The molecule has 2 aliphatic carbocycles. The first kappa shape index (κ1) is 33.1. The Bertz CT molecular complexity index is 3420. The summed E-state index contributed by atoms with van der Waals surface area (Å²) in [4.78, 5) is 9.50. The average Bonchev–Trinajstić information content (AvgIpc) is 3.83. The van der Waals surface area contributed by atoms with Crippen molar-refractivity contribution in [2.75, 3.05) is 0 Å². The first-order valence-corrected chi connectivity index (χ1v) is 20.6. The summed E-state index contributed by atoms with van der Waals surface area (Å²) in [6, 6.07) is 71.2. The quantitative estimate of drug-likeness (QED) is 0.175. The lowest BCUT2D eigenvalue weighted by atomic mass is 9.82. The number of hydrogen-bond acceptors (Lipinski definition) is 2. The van der Waals surface area contributed by atoms with Crippen LogP contribution < -0.4 is 0 Å². The third kappa shape index (κ3) is 4.70. The van der Waals surface area contributed by atoms with Crippen LogP contribution in [-0.2, 0) is 0 Å². The number of aromatic nitrogens is 2. The van der Waals surface area contributed by atoms with Gasteiger partial charge < -0.3 is 0 Å². The number of benzene rings is 9. The Balaban J connectivity index is 1.12. The third-order valence-corrected chi connectivity index (χ3v) is 12.9. The molecule has 2 aliphatic rings. The van der Waals surface area contributed by atoms with E-state index in [1.165, 1.54) is 110 Å². The van der Waals surface area contributed by atoms with E-state index >= 15 is 0 Å². The molecule has 0 atom stereocenters. The van der Waals surface area contributed by atoms with Gasteiger partial charge in [-0.25, -0.2) is 0 Å². The number of fused-ring (bicyclic) bond motifs is 7. The molecule has 2 heteroatoms. The molecule has 60 heavy (non-hydrogen) atoms. The molecule has 0 saturated carbocycles. The van der Waals surface area contributed by atoms with Crippen LogP contribution in [0.15, 0.2) is 207 Å². The van der Waals surface area contributed by atoms with Crippen LogP contribution in [0.1, 0.15) is 0 Å². The third-order valence-electron chi connectivity index (χ3n) is 12.9. The van der Waals surface area contributed by atoms with E-state index in [9.17, 15) is 0 Å². The highest BCUT2D eigenvalue weighted by atomic mass is 14.7. The molecule has 9 aromatic carbocycles. The number of hydrogen-bond donors (Lipinski definition) is 0. The van der Waals surface area contributed by atoms with Crippen molar-refractivity contribution in [1.82, 2.24) is 9.97 Å². The second kappa shape index (κ2) is 12.8. The summed E-state index contributed by atoms with van der Waals surface area (Å²) in [7, 11) is 0. The maximum Gasteiger partial charge on any atom is 0.0702 e. The molecule has 0 amide bonds. The Kier molecular flexibility index (Phi) is 7.05. The standard InChI is InChI=1S/C58H34N2/c1-2-18-40-39(17-1)43-21-11-22-44-41(27-29-48(40)55(43)44)42-28-30-50-56-45(42)23-12-24-49(56)57-53(37-15-9-13-35(33-37)51-25-5-7-31-59-51)46-19-3-4-20-47(46)54(58(50)57)38-16-10-14-36(34-38)52-26-6-8-32-60-52/h1-34H. The zero-order valence-electron chi connectivity index (χ0n) is 32.5. The van der Waals surface area contributed by atoms with Gasteiger partial charge in [0, 0.05) is 23.5 Å². The van der Waals surface area contributed by atoms with E-state index in [1.807, 2.05) is 24.5 Å². The van der Waals surface area contributed by atoms with Crippen LogP contribution in [0, 0.1) is 0 Å². The summed E-state index contributed by atoms with van der Waals surface area (Å²) in [6.45, 7) is 0. The van der Waals surface area contributed by atoms with E-state index < -0.39 is 0 Å². The smallest absolute Gasteiger partial charge is 0.0702 e. The fraction of sp³-hybridized carbons (Fsp3) is 0. The molecule has 0 bridgehead atoms.